The number of aliphatic hydroxyl groups excluding tert-OH is 1. The molecule has 2 atom stereocenters. The number of hydrogen-bond acceptors (Lipinski definition) is 3. The van der Waals surface area contributed by atoms with Gasteiger partial charge in [0.1, 0.15) is 0 Å². The Morgan fingerprint density at radius 3 is 2.67 bits per heavy atom. The molecule has 1 aliphatic heterocycles. The maximum atomic E-state index is 9.66. The summed E-state index contributed by atoms with van der Waals surface area (Å²) < 4.78 is 0. The molecule has 0 radical (unpaired) electrons. The zero-order chi connectivity index (χ0) is 9.19. The molecule has 0 aromatic heterocycles. The molecule has 0 aromatic rings. The van der Waals surface area contributed by atoms with Crippen molar-refractivity contribution < 1.29 is 10.2 Å². The molecule has 2 unspecified atom stereocenters. The second kappa shape index (κ2) is 3.28. The minimum absolute atomic E-state index is 0.421. The van der Waals surface area contributed by atoms with Crippen LogP contribution in [0.15, 0.2) is 4.99 Å². The lowest BCUT2D eigenvalue weighted by molar-refractivity contribution is -0.0767. The van der Waals surface area contributed by atoms with Gasteiger partial charge >= 0.3 is 0 Å². The third-order valence-corrected chi connectivity index (χ3v) is 1.92. The molecule has 0 spiro atoms. The highest BCUT2D eigenvalue weighted by Crippen LogP contribution is 2.14. The van der Waals surface area contributed by atoms with E-state index in [0.29, 0.717) is 18.9 Å². The highest BCUT2D eigenvalue weighted by Gasteiger charge is 2.41. The van der Waals surface area contributed by atoms with Crippen LogP contribution in [0.3, 0.4) is 0 Å². The molecular weight excluding hydrogens is 158 g/mol. The fraction of sp³-hybridized carbons (Fsp3) is 0.857. The van der Waals surface area contributed by atoms with Crippen molar-refractivity contribution in [1.29, 1.82) is 0 Å². The molecule has 12 heavy (non-hydrogen) atoms. The van der Waals surface area contributed by atoms with Crippen molar-refractivity contribution in [3.8, 4) is 0 Å². The standard InChI is InChI=1S/C7H15N3O2/c1-3-7(12)5(11)9-6(10-7)8-4-2/h5,11-12H,3-4H2,1-2H3,(H2,8,9,10). The van der Waals surface area contributed by atoms with E-state index >= 15 is 0 Å². The Labute approximate surface area is 71.5 Å². The first-order valence-corrected chi connectivity index (χ1v) is 4.12. The first-order chi connectivity index (χ1) is 5.62. The molecule has 70 valence electrons. The largest absolute Gasteiger partial charge is 0.369 e. The summed E-state index contributed by atoms with van der Waals surface area (Å²) in [6.07, 6.45) is -0.558. The first kappa shape index (κ1) is 9.28. The molecule has 4 N–H and O–H groups in total. The van der Waals surface area contributed by atoms with E-state index in [0.717, 1.165) is 0 Å². The van der Waals surface area contributed by atoms with Gasteiger partial charge in [0.2, 0.25) is 0 Å². The predicted octanol–water partition coefficient (Wildman–Crippen LogP) is -1.03. The van der Waals surface area contributed by atoms with Crippen molar-refractivity contribution in [2.75, 3.05) is 6.54 Å². The Morgan fingerprint density at radius 1 is 1.58 bits per heavy atom. The Balaban J connectivity index is 2.68. The molecule has 0 aliphatic carbocycles. The number of nitrogens with zero attached hydrogens (tertiary/aromatic N) is 1. The fourth-order valence-electron chi connectivity index (χ4n) is 1.08. The van der Waals surface area contributed by atoms with Crippen LogP contribution < -0.4 is 10.6 Å². The zero-order valence-corrected chi connectivity index (χ0v) is 7.33. The average Bonchev–Trinajstić information content (AvgIpc) is 2.30. The molecule has 1 heterocycles. The minimum atomic E-state index is -1.27. The van der Waals surface area contributed by atoms with Gasteiger partial charge in [-0.15, -0.1) is 0 Å². The van der Waals surface area contributed by atoms with E-state index in [1.54, 1.807) is 6.92 Å². The third-order valence-electron chi connectivity index (χ3n) is 1.92. The van der Waals surface area contributed by atoms with Crippen LogP contribution in [0.5, 0.6) is 0 Å². The van der Waals surface area contributed by atoms with Crippen molar-refractivity contribution in [2.24, 2.45) is 4.99 Å². The third kappa shape index (κ3) is 1.51. The highest BCUT2D eigenvalue weighted by molar-refractivity contribution is 5.83. The van der Waals surface area contributed by atoms with Gasteiger partial charge in [-0.25, -0.2) is 0 Å². The van der Waals surface area contributed by atoms with E-state index < -0.39 is 12.0 Å². The summed E-state index contributed by atoms with van der Waals surface area (Å²) in [4.78, 5) is 3.99. The Bertz CT molecular complexity index is 195. The van der Waals surface area contributed by atoms with Crippen molar-refractivity contribution in [1.82, 2.24) is 10.6 Å². The van der Waals surface area contributed by atoms with Crippen LogP contribution in [0.1, 0.15) is 20.3 Å². The molecular formula is C7H15N3O2. The summed E-state index contributed by atoms with van der Waals surface area (Å²) in [6.45, 7) is 4.28. The number of hydrogen-bond donors (Lipinski definition) is 4. The van der Waals surface area contributed by atoms with Gasteiger partial charge in [0.25, 0.3) is 0 Å². The maximum absolute atomic E-state index is 9.66. The maximum Gasteiger partial charge on any atom is 0.195 e. The number of aliphatic hydroxyl groups is 2. The molecule has 0 aromatic carbocycles. The summed E-state index contributed by atoms with van der Waals surface area (Å²) in [7, 11) is 0. The summed E-state index contributed by atoms with van der Waals surface area (Å²) in [5, 5.41) is 24.4. The topological polar surface area (TPSA) is 76.9 Å². The van der Waals surface area contributed by atoms with E-state index in [4.69, 9.17) is 0 Å². The van der Waals surface area contributed by atoms with Crippen LogP contribution in [-0.2, 0) is 0 Å². The normalized spacial score (nSPS) is 38.0. The minimum Gasteiger partial charge on any atom is -0.369 e. The Morgan fingerprint density at radius 2 is 2.25 bits per heavy atom. The van der Waals surface area contributed by atoms with Gasteiger partial charge in [-0.1, -0.05) is 6.92 Å². The van der Waals surface area contributed by atoms with Gasteiger partial charge < -0.3 is 20.8 Å². The average molecular weight is 173 g/mol. The molecule has 5 heteroatoms. The fourth-order valence-corrected chi connectivity index (χ4v) is 1.08. The van der Waals surface area contributed by atoms with Crippen LogP contribution in [-0.4, -0.2) is 34.7 Å². The Hall–Kier alpha value is -0.810. The van der Waals surface area contributed by atoms with E-state index in [9.17, 15) is 10.2 Å². The number of aliphatic imine (C=N–C) groups is 1. The van der Waals surface area contributed by atoms with Gasteiger partial charge in [0.05, 0.1) is 0 Å². The summed E-state index contributed by atoms with van der Waals surface area (Å²) in [6, 6.07) is 0. The van der Waals surface area contributed by atoms with Crippen molar-refractivity contribution >= 4 is 5.96 Å². The summed E-state index contributed by atoms with van der Waals surface area (Å²) >= 11 is 0. The smallest absolute Gasteiger partial charge is 0.195 e. The van der Waals surface area contributed by atoms with E-state index in [-0.39, 0.29) is 0 Å². The molecule has 1 rings (SSSR count). The predicted molar refractivity (Wildman–Crippen MR) is 45.5 cm³/mol. The SMILES string of the molecule is CCN=C1NC(O)C(O)(CC)N1. The van der Waals surface area contributed by atoms with Gasteiger partial charge in [-0.2, -0.15) is 0 Å². The Kier molecular flexibility index (Phi) is 2.54. The van der Waals surface area contributed by atoms with Crippen molar-refractivity contribution in [3.05, 3.63) is 0 Å². The second-order valence-corrected chi connectivity index (χ2v) is 2.77. The molecule has 0 bridgehead atoms. The van der Waals surface area contributed by atoms with Gasteiger partial charge in [0.15, 0.2) is 17.9 Å². The van der Waals surface area contributed by atoms with E-state index in [1.165, 1.54) is 0 Å². The molecule has 1 fully saturated rings. The second-order valence-electron chi connectivity index (χ2n) is 2.77. The lowest BCUT2D eigenvalue weighted by Crippen LogP contribution is -2.48. The van der Waals surface area contributed by atoms with E-state index in [2.05, 4.69) is 15.6 Å². The van der Waals surface area contributed by atoms with E-state index in [1.807, 2.05) is 6.92 Å². The molecule has 5 nitrogen and oxygen atoms in total. The number of nitrogens with one attached hydrogen (secondary N) is 2. The van der Waals surface area contributed by atoms with Crippen LogP contribution in [0.4, 0.5) is 0 Å². The quantitative estimate of drug-likeness (QED) is 0.431. The lowest BCUT2D eigenvalue weighted by Gasteiger charge is -2.22. The zero-order valence-electron chi connectivity index (χ0n) is 7.33. The van der Waals surface area contributed by atoms with Crippen LogP contribution in [0, 0.1) is 0 Å². The lowest BCUT2D eigenvalue weighted by atomic mass is 10.1. The molecule has 1 aliphatic rings. The summed E-state index contributed by atoms with van der Waals surface area (Å²) in [5.74, 6) is 0.453. The van der Waals surface area contributed by atoms with Crippen LogP contribution in [0.25, 0.3) is 0 Å². The highest BCUT2D eigenvalue weighted by atomic mass is 16.4. The van der Waals surface area contributed by atoms with Crippen LogP contribution in [0.2, 0.25) is 0 Å². The monoisotopic (exact) mass is 173 g/mol. The first-order valence-electron chi connectivity index (χ1n) is 4.12. The molecule has 0 saturated carbocycles. The van der Waals surface area contributed by atoms with Gasteiger partial charge in [-0.3, -0.25) is 4.99 Å². The molecule has 1 saturated heterocycles. The molecule has 0 amide bonds. The van der Waals surface area contributed by atoms with Crippen molar-refractivity contribution in [3.63, 3.8) is 0 Å². The summed E-state index contributed by atoms with van der Waals surface area (Å²) in [5.41, 5.74) is -1.27. The van der Waals surface area contributed by atoms with Crippen LogP contribution >= 0.6 is 0 Å². The van der Waals surface area contributed by atoms with Gasteiger partial charge in [0, 0.05) is 6.54 Å². The number of rotatable bonds is 2. The van der Waals surface area contributed by atoms with Gasteiger partial charge in [-0.05, 0) is 13.3 Å². The van der Waals surface area contributed by atoms with Crippen molar-refractivity contribution in [2.45, 2.75) is 32.2 Å². The number of guanidine groups is 1.